The number of rotatable bonds is 1. The minimum absolute atomic E-state index is 0.0866. The molecule has 3 rings (SSSR count). The van der Waals surface area contributed by atoms with Gasteiger partial charge < -0.3 is 5.11 Å². The fraction of sp³-hybridized carbons (Fsp3) is 0.789. The lowest BCUT2D eigenvalue weighted by atomic mass is 9.64. The lowest BCUT2D eigenvalue weighted by Gasteiger charge is -2.41. The van der Waals surface area contributed by atoms with Crippen LogP contribution in [0.1, 0.15) is 71.6 Å². The van der Waals surface area contributed by atoms with E-state index in [1.807, 2.05) is 0 Å². The molecule has 0 amide bonds. The summed E-state index contributed by atoms with van der Waals surface area (Å²) in [4.78, 5) is 0. The molecule has 0 aromatic heterocycles. The first-order valence-electron chi connectivity index (χ1n) is 8.66. The van der Waals surface area contributed by atoms with Gasteiger partial charge in [-0.3, -0.25) is 0 Å². The quantitative estimate of drug-likeness (QED) is 0.712. The number of aliphatic hydroxyl groups is 1. The standard InChI is InChI=1S/C19H30O/c1-14-8-11-18-16(6-4-12-19(14,18)2)10-9-15-5-3-7-17(20)13-15/h9-10,14,17-18,20H,3-8,11-13H2,1-2H3/b15-9-,16-10+. The zero-order valence-corrected chi connectivity index (χ0v) is 13.2. The molecule has 0 aromatic rings. The molecule has 0 aliphatic heterocycles. The monoisotopic (exact) mass is 274 g/mol. The molecule has 20 heavy (non-hydrogen) atoms. The van der Waals surface area contributed by atoms with E-state index >= 15 is 0 Å². The van der Waals surface area contributed by atoms with Crippen molar-refractivity contribution >= 4 is 0 Å². The van der Waals surface area contributed by atoms with Crippen LogP contribution in [0.5, 0.6) is 0 Å². The summed E-state index contributed by atoms with van der Waals surface area (Å²) >= 11 is 0. The van der Waals surface area contributed by atoms with Crippen LogP contribution in [0.2, 0.25) is 0 Å². The van der Waals surface area contributed by atoms with Gasteiger partial charge >= 0.3 is 0 Å². The molecule has 0 radical (unpaired) electrons. The van der Waals surface area contributed by atoms with Gasteiger partial charge in [0.15, 0.2) is 0 Å². The van der Waals surface area contributed by atoms with Crippen LogP contribution in [-0.2, 0) is 0 Å². The van der Waals surface area contributed by atoms with Crippen LogP contribution in [0.4, 0.5) is 0 Å². The fourth-order valence-electron chi connectivity index (χ4n) is 4.94. The Kier molecular flexibility index (Phi) is 4.08. The number of allylic oxidation sites excluding steroid dienone is 3. The zero-order valence-electron chi connectivity index (χ0n) is 13.2. The molecule has 3 saturated carbocycles. The van der Waals surface area contributed by atoms with Gasteiger partial charge in [-0.05, 0) is 75.0 Å². The lowest BCUT2D eigenvalue weighted by molar-refractivity contribution is 0.146. The Balaban J connectivity index is 1.76. The van der Waals surface area contributed by atoms with E-state index in [0.717, 1.165) is 31.1 Å². The molecule has 0 heterocycles. The predicted octanol–water partition coefficient (Wildman–Crippen LogP) is 5.01. The molecule has 3 fully saturated rings. The van der Waals surface area contributed by atoms with E-state index in [0.29, 0.717) is 5.41 Å². The van der Waals surface area contributed by atoms with Gasteiger partial charge in [0.05, 0.1) is 6.10 Å². The van der Waals surface area contributed by atoms with E-state index in [-0.39, 0.29) is 6.10 Å². The van der Waals surface area contributed by atoms with Gasteiger partial charge in [-0.2, -0.15) is 0 Å². The van der Waals surface area contributed by atoms with Gasteiger partial charge in [0.1, 0.15) is 0 Å². The summed E-state index contributed by atoms with van der Waals surface area (Å²) in [5.41, 5.74) is 3.74. The zero-order chi connectivity index (χ0) is 14.2. The SMILES string of the molecule is CC1CCC2/C(=C/C=C3/CCCC(O)C3)CCCC12C. The summed E-state index contributed by atoms with van der Waals surface area (Å²) < 4.78 is 0. The van der Waals surface area contributed by atoms with Crippen molar-refractivity contribution in [1.82, 2.24) is 0 Å². The van der Waals surface area contributed by atoms with Gasteiger partial charge in [0, 0.05) is 0 Å². The Labute approximate surface area is 124 Å². The Hall–Kier alpha value is -0.560. The van der Waals surface area contributed by atoms with Crippen molar-refractivity contribution in [2.75, 3.05) is 0 Å². The van der Waals surface area contributed by atoms with Crippen molar-refractivity contribution in [1.29, 1.82) is 0 Å². The third-order valence-electron chi connectivity index (χ3n) is 6.50. The summed E-state index contributed by atoms with van der Waals surface area (Å²) in [5.74, 6) is 1.72. The second kappa shape index (κ2) is 5.67. The third kappa shape index (κ3) is 2.62. The van der Waals surface area contributed by atoms with Crippen molar-refractivity contribution < 1.29 is 5.11 Å². The van der Waals surface area contributed by atoms with Crippen molar-refractivity contribution in [3.05, 3.63) is 23.3 Å². The summed E-state index contributed by atoms with van der Waals surface area (Å²) in [5, 5.41) is 9.78. The van der Waals surface area contributed by atoms with E-state index < -0.39 is 0 Å². The summed E-state index contributed by atoms with van der Waals surface area (Å²) in [6.07, 6.45) is 15.9. The average molecular weight is 274 g/mol. The van der Waals surface area contributed by atoms with Crippen LogP contribution >= 0.6 is 0 Å². The molecule has 0 spiro atoms. The highest BCUT2D eigenvalue weighted by molar-refractivity contribution is 5.25. The van der Waals surface area contributed by atoms with Crippen LogP contribution in [0.15, 0.2) is 23.3 Å². The van der Waals surface area contributed by atoms with E-state index in [1.165, 1.54) is 44.1 Å². The second-order valence-corrected chi connectivity index (χ2v) is 7.71. The van der Waals surface area contributed by atoms with E-state index in [4.69, 9.17) is 0 Å². The first-order valence-corrected chi connectivity index (χ1v) is 8.66. The van der Waals surface area contributed by atoms with Gasteiger partial charge in [0.25, 0.3) is 0 Å². The maximum absolute atomic E-state index is 9.78. The summed E-state index contributed by atoms with van der Waals surface area (Å²) in [6, 6.07) is 0. The Morgan fingerprint density at radius 3 is 2.75 bits per heavy atom. The molecule has 112 valence electrons. The Morgan fingerprint density at radius 2 is 1.95 bits per heavy atom. The molecule has 3 aliphatic carbocycles. The molecule has 1 heteroatoms. The van der Waals surface area contributed by atoms with Gasteiger partial charge in [0.2, 0.25) is 0 Å². The summed E-state index contributed by atoms with van der Waals surface area (Å²) in [7, 11) is 0. The van der Waals surface area contributed by atoms with E-state index in [1.54, 1.807) is 5.57 Å². The third-order valence-corrected chi connectivity index (χ3v) is 6.50. The number of hydrogen-bond acceptors (Lipinski definition) is 1. The highest BCUT2D eigenvalue weighted by Gasteiger charge is 2.46. The number of aliphatic hydroxyl groups excluding tert-OH is 1. The minimum Gasteiger partial charge on any atom is -0.393 e. The first-order chi connectivity index (χ1) is 9.59. The van der Waals surface area contributed by atoms with Crippen LogP contribution in [0, 0.1) is 17.3 Å². The average Bonchev–Trinajstić information content (AvgIpc) is 2.73. The van der Waals surface area contributed by atoms with Crippen molar-refractivity contribution in [3.8, 4) is 0 Å². The largest absolute Gasteiger partial charge is 0.393 e. The fourth-order valence-corrected chi connectivity index (χ4v) is 4.94. The summed E-state index contributed by atoms with van der Waals surface area (Å²) in [6.45, 7) is 4.98. The molecular formula is C19H30O. The predicted molar refractivity (Wildman–Crippen MR) is 84.5 cm³/mol. The van der Waals surface area contributed by atoms with Crippen molar-refractivity contribution in [2.24, 2.45) is 17.3 Å². The molecule has 0 saturated heterocycles. The molecule has 1 nitrogen and oxygen atoms in total. The maximum atomic E-state index is 9.78. The normalized spacial score (nSPS) is 45.9. The van der Waals surface area contributed by atoms with Crippen LogP contribution in [-0.4, -0.2) is 11.2 Å². The smallest absolute Gasteiger partial charge is 0.0577 e. The number of hydrogen-bond donors (Lipinski definition) is 1. The highest BCUT2D eigenvalue weighted by Crippen LogP contribution is 2.57. The molecule has 4 unspecified atom stereocenters. The molecule has 0 aromatic carbocycles. The minimum atomic E-state index is -0.0866. The lowest BCUT2D eigenvalue weighted by Crippen LogP contribution is -2.31. The molecule has 1 N–H and O–H groups in total. The first kappa shape index (κ1) is 14.4. The van der Waals surface area contributed by atoms with Gasteiger partial charge in [-0.15, -0.1) is 0 Å². The molecule has 0 bridgehead atoms. The van der Waals surface area contributed by atoms with Gasteiger partial charge in [-0.1, -0.05) is 37.1 Å². The van der Waals surface area contributed by atoms with Gasteiger partial charge in [-0.25, -0.2) is 0 Å². The van der Waals surface area contributed by atoms with Crippen molar-refractivity contribution in [2.45, 2.75) is 77.7 Å². The molecule has 3 aliphatic rings. The Morgan fingerprint density at radius 1 is 1.10 bits per heavy atom. The Bertz CT molecular complexity index is 419. The molecule has 4 atom stereocenters. The van der Waals surface area contributed by atoms with Crippen LogP contribution in [0.25, 0.3) is 0 Å². The van der Waals surface area contributed by atoms with Crippen molar-refractivity contribution in [3.63, 3.8) is 0 Å². The second-order valence-electron chi connectivity index (χ2n) is 7.71. The maximum Gasteiger partial charge on any atom is 0.0577 e. The number of fused-ring (bicyclic) bond motifs is 1. The molecular weight excluding hydrogens is 244 g/mol. The topological polar surface area (TPSA) is 20.2 Å². The van der Waals surface area contributed by atoms with Crippen LogP contribution < -0.4 is 0 Å². The van der Waals surface area contributed by atoms with E-state index in [2.05, 4.69) is 26.0 Å². The highest BCUT2D eigenvalue weighted by atomic mass is 16.3. The van der Waals surface area contributed by atoms with Crippen LogP contribution in [0.3, 0.4) is 0 Å². The van der Waals surface area contributed by atoms with E-state index in [9.17, 15) is 5.11 Å².